The summed E-state index contributed by atoms with van der Waals surface area (Å²) in [6.45, 7) is 0.325. The highest BCUT2D eigenvalue weighted by Crippen LogP contribution is 2.44. The molecular formula is C10H15NO3. The van der Waals surface area contributed by atoms with Crippen molar-refractivity contribution in [1.29, 1.82) is 0 Å². The van der Waals surface area contributed by atoms with Crippen LogP contribution < -0.4 is 5.32 Å². The molecule has 4 heteroatoms. The molecule has 0 bridgehead atoms. The molecule has 1 unspecified atom stereocenters. The van der Waals surface area contributed by atoms with Crippen LogP contribution in [0.1, 0.15) is 32.1 Å². The number of hydrogen-bond acceptors (Lipinski definition) is 2. The molecule has 1 saturated heterocycles. The van der Waals surface area contributed by atoms with Crippen molar-refractivity contribution in [2.24, 2.45) is 11.3 Å². The number of aliphatic carboxylic acids is 1. The molecule has 1 heterocycles. The van der Waals surface area contributed by atoms with Gasteiger partial charge < -0.3 is 10.4 Å². The third-order valence-electron chi connectivity index (χ3n) is 3.64. The second-order valence-corrected chi connectivity index (χ2v) is 4.40. The highest BCUT2D eigenvalue weighted by atomic mass is 16.4. The Bertz CT molecular complexity index is 271. The lowest BCUT2D eigenvalue weighted by Gasteiger charge is -2.28. The molecular weight excluding hydrogens is 182 g/mol. The number of carbonyl (C=O) groups is 2. The van der Waals surface area contributed by atoms with Gasteiger partial charge in [0.2, 0.25) is 5.91 Å². The van der Waals surface area contributed by atoms with Crippen LogP contribution in [-0.4, -0.2) is 23.5 Å². The largest absolute Gasteiger partial charge is 0.481 e. The molecule has 4 nitrogen and oxygen atoms in total. The predicted octanol–water partition coefficient (Wildman–Crippen LogP) is 0.767. The summed E-state index contributed by atoms with van der Waals surface area (Å²) in [7, 11) is 0. The van der Waals surface area contributed by atoms with Gasteiger partial charge in [-0.05, 0) is 18.8 Å². The lowest BCUT2D eigenvalue weighted by atomic mass is 9.73. The molecule has 1 saturated carbocycles. The van der Waals surface area contributed by atoms with Crippen molar-refractivity contribution in [3.8, 4) is 0 Å². The molecule has 0 aromatic carbocycles. The van der Waals surface area contributed by atoms with E-state index < -0.39 is 11.4 Å². The number of carbonyl (C=O) groups excluding carboxylic acids is 1. The van der Waals surface area contributed by atoms with Gasteiger partial charge in [0.05, 0.1) is 5.41 Å². The lowest BCUT2D eigenvalue weighted by molar-refractivity contribution is -0.152. The lowest BCUT2D eigenvalue weighted by Crippen LogP contribution is -2.39. The summed E-state index contributed by atoms with van der Waals surface area (Å²) in [6, 6.07) is 0. The smallest absolute Gasteiger partial charge is 0.312 e. The Balaban J connectivity index is 2.21. The number of nitrogens with one attached hydrogen (secondary N) is 1. The molecule has 2 N–H and O–H groups in total. The topological polar surface area (TPSA) is 66.4 Å². The van der Waals surface area contributed by atoms with Crippen LogP contribution >= 0.6 is 0 Å². The van der Waals surface area contributed by atoms with Crippen molar-refractivity contribution in [2.75, 3.05) is 6.54 Å². The molecule has 14 heavy (non-hydrogen) atoms. The minimum absolute atomic E-state index is 0.112. The number of amides is 1. The van der Waals surface area contributed by atoms with Gasteiger partial charge in [0.1, 0.15) is 0 Å². The third kappa shape index (κ3) is 1.29. The van der Waals surface area contributed by atoms with Crippen molar-refractivity contribution in [3.63, 3.8) is 0 Å². The van der Waals surface area contributed by atoms with Crippen molar-refractivity contribution in [1.82, 2.24) is 5.32 Å². The molecule has 0 aromatic heterocycles. The summed E-state index contributed by atoms with van der Waals surface area (Å²) < 4.78 is 0. The molecule has 1 amide bonds. The summed E-state index contributed by atoms with van der Waals surface area (Å²) in [5.41, 5.74) is -0.798. The zero-order chi connectivity index (χ0) is 10.2. The Morgan fingerprint density at radius 1 is 1.43 bits per heavy atom. The average Bonchev–Trinajstić information content (AvgIpc) is 2.71. The van der Waals surface area contributed by atoms with Crippen molar-refractivity contribution in [3.05, 3.63) is 0 Å². The maximum absolute atomic E-state index is 11.3. The molecule has 1 aliphatic heterocycles. The van der Waals surface area contributed by atoms with E-state index in [0.29, 0.717) is 6.54 Å². The van der Waals surface area contributed by atoms with Gasteiger partial charge in [-0.15, -0.1) is 0 Å². The van der Waals surface area contributed by atoms with E-state index in [1.54, 1.807) is 0 Å². The Labute approximate surface area is 82.7 Å². The van der Waals surface area contributed by atoms with Crippen LogP contribution in [0.3, 0.4) is 0 Å². The van der Waals surface area contributed by atoms with E-state index in [2.05, 4.69) is 5.32 Å². The molecule has 2 fully saturated rings. The maximum atomic E-state index is 11.3. The van der Waals surface area contributed by atoms with Gasteiger partial charge in [0.15, 0.2) is 0 Å². The van der Waals surface area contributed by atoms with Gasteiger partial charge in [-0.25, -0.2) is 0 Å². The van der Waals surface area contributed by atoms with Crippen LogP contribution in [0.4, 0.5) is 0 Å². The molecule has 1 atom stereocenters. The first-order valence-electron chi connectivity index (χ1n) is 5.15. The standard InChI is InChI=1S/C10H15NO3/c12-8-5-10(6-11-8,9(13)14)7-3-1-2-4-7/h7H,1-6H2,(H,11,12)(H,13,14). The quantitative estimate of drug-likeness (QED) is 0.687. The predicted molar refractivity (Wildman–Crippen MR) is 49.7 cm³/mol. The summed E-state index contributed by atoms with van der Waals surface area (Å²) in [4.78, 5) is 22.4. The van der Waals surface area contributed by atoms with Crippen molar-refractivity contribution >= 4 is 11.9 Å². The van der Waals surface area contributed by atoms with Gasteiger partial charge in [-0.3, -0.25) is 9.59 Å². The SMILES string of the molecule is O=C1CC(C(=O)O)(C2CCCC2)CN1. The Hall–Kier alpha value is -1.06. The second-order valence-electron chi connectivity index (χ2n) is 4.40. The van der Waals surface area contributed by atoms with Gasteiger partial charge >= 0.3 is 5.97 Å². The second kappa shape index (κ2) is 3.26. The first-order valence-corrected chi connectivity index (χ1v) is 5.15. The van der Waals surface area contributed by atoms with E-state index in [0.717, 1.165) is 25.7 Å². The third-order valence-corrected chi connectivity index (χ3v) is 3.64. The minimum Gasteiger partial charge on any atom is -0.481 e. The first kappa shape index (κ1) is 9.49. The summed E-state index contributed by atoms with van der Waals surface area (Å²) in [5, 5.41) is 11.9. The fourth-order valence-corrected chi connectivity index (χ4v) is 2.76. The van der Waals surface area contributed by atoms with Gasteiger partial charge in [0.25, 0.3) is 0 Å². The fourth-order valence-electron chi connectivity index (χ4n) is 2.76. The highest BCUT2D eigenvalue weighted by molar-refractivity contribution is 5.89. The molecule has 2 rings (SSSR count). The number of rotatable bonds is 2. The van der Waals surface area contributed by atoms with Gasteiger partial charge in [0, 0.05) is 13.0 Å². The number of carboxylic acids is 1. The van der Waals surface area contributed by atoms with Crippen LogP contribution in [0.25, 0.3) is 0 Å². The molecule has 0 spiro atoms. The Morgan fingerprint density at radius 2 is 2.07 bits per heavy atom. The monoisotopic (exact) mass is 197 g/mol. The van der Waals surface area contributed by atoms with Crippen LogP contribution in [0.2, 0.25) is 0 Å². The van der Waals surface area contributed by atoms with Crippen LogP contribution in [-0.2, 0) is 9.59 Å². The van der Waals surface area contributed by atoms with E-state index in [9.17, 15) is 14.7 Å². The zero-order valence-corrected chi connectivity index (χ0v) is 8.08. The van der Waals surface area contributed by atoms with Crippen LogP contribution in [0, 0.1) is 11.3 Å². The van der Waals surface area contributed by atoms with E-state index in [-0.39, 0.29) is 18.2 Å². The minimum atomic E-state index is -0.803. The zero-order valence-electron chi connectivity index (χ0n) is 8.08. The average molecular weight is 197 g/mol. The van der Waals surface area contributed by atoms with Gasteiger partial charge in [-0.1, -0.05) is 12.8 Å². The van der Waals surface area contributed by atoms with E-state index in [1.807, 2.05) is 0 Å². The van der Waals surface area contributed by atoms with E-state index in [1.165, 1.54) is 0 Å². The molecule has 1 aliphatic carbocycles. The molecule has 2 aliphatic rings. The molecule has 0 aromatic rings. The molecule has 0 radical (unpaired) electrons. The highest BCUT2D eigenvalue weighted by Gasteiger charge is 2.51. The molecule has 78 valence electrons. The van der Waals surface area contributed by atoms with Crippen LogP contribution in [0.15, 0.2) is 0 Å². The van der Waals surface area contributed by atoms with E-state index >= 15 is 0 Å². The summed E-state index contributed by atoms with van der Waals surface area (Å²) in [6.07, 6.45) is 4.30. The van der Waals surface area contributed by atoms with E-state index in [4.69, 9.17) is 0 Å². The number of hydrogen-bond donors (Lipinski definition) is 2. The van der Waals surface area contributed by atoms with Crippen molar-refractivity contribution < 1.29 is 14.7 Å². The number of carboxylic acid groups (broad SMARTS) is 1. The maximum Gasteiger partial charge on any atom is 0.312 e. The Kier molecular flexibility index (Phi) is 2.21. The van der Waals surface area contributed by atoms with Gasteiger partial charge in [-0.2, -0.15) is 0 Å². The van der Waals surface area contributed by atoms with Crippen molar-refractivity contribution in [2.45, 2.75) is 32.1 Å². The summed E-state index contributed by atoms with van der Waals surface area (Å²) in [5.74, 6) is -0.721. The normalized spacial score (nSPS) is 33.3. The van der Waals surface area contributed by atoms with Crippen LogP contribution in [0.5, 0.6) is 0 Å². The summed E-state index contributed by atoms with van der Waals surface area (Å²) >= 11 is 0. The first-order chi connectivity index (χ1) is 6.65. The fraction of sp³-hybridized carbons (Fsp3) is 0.800. The Morgan fingerprint density at radius 3 is 2.50 bits per heavy atom.